The highest BCUT2D eigenvalue weighted by atomic mass is 16.4. The predicted molar refractivity (Wildman–Crippen MR) is 88.2 cm³/mol. The molecule has 0 aliphatic rings. The van der Waals surface area contributed by atoms with Gasteiger partial charge in [-0.2, -0.15) is 0 Å². The largest absolute Gasteiger partial charge is 0.465 e. The smallest absolute Gasteiger partial charge is 0.404 e. The average molecular weight is 344 g/mol. The van der Waals surface area contributed by atoms with E-state index in [0.29, 0.717) is 0 Å². The molecule has 4 amide bonds. The molecule has 9 nitrogen and oxygen atoms in total. The van der Waals surface area contributed by atoms with Crippen molar-refractivity contribution in [2.45, 2.75) is 57.9 Å². The molecule has 0 aliphatic heterocycles. The van der Waals surface area contributed by atoms with Crippen molar-refractivity contribution in [3.05, 3.63) is 0 Å². The molecule has 1 atom stereocenters. The Kier molecular flexibility index (Phi) is 11.9. The van der Waals surface area contributed by atoms with Gasteiger partial charge >= 0.3 is 6.09 Å². The van der Waals surface area contributed by atoms with Crippen molar-refractivity contribution in [2.24, 2.45) is 5.73 Å². The fourth-order valence-electron chi connectivity index (χ4n) is 2.04. The number of primary amides is 1. The minimum atomic E-state index is -1.20. The number of hydrogen-bond donors (Lipinski definition) is 5. The number of hydrogen-bond acceptors (Lipinski definition) is 4. The quantitative estimate of drug-likeness (QED) is 0.300. The third-order valence-corrected chi connectivity index (χ3v) is 3.26. The van der Waals surface area contributed by atoms with E-state index in [1.54, 1.807) is 0 Å². The lowest BCUT2D eigenvalue weighted by Crippen LogP contribution is -2.49. The Morgan fingerprint density at radius 2 is 1.62 bits per heavy atom. The van der Waals surface area contributed by atoms with Gasteiger partial charge < -0.3 is 26.8 Å². The molecular weight excluding hydrogens is 316 g/mol. The standard InChI is InChI=1S/C15H28N4O5/c1-2-3-4-5-6-7-13(21)19-11(10-12(16)20)14(22)17-8-9-18-15(23)24/h11,18H,2-10H2,1H3,(H2,16,20)(H,17,22)(H,19,21)(H,23,24). The molecule has 0 heterocycles. The Hall–Kier alpha value is -2.32. The van der Waals surface area contributed by atoms with Gasteiger partial charge in [-0.25, -0.2) is 4.79 Å². The van der Waals surface area contributed by atoms with Crippen molar-refractivity contribution >= 4 is 23.8 Å². The molecule has 0 aromatic rings. The summed E-state index contributed by atoms with van der Waals surface area (Å²) in [6.07, 6.45) is 3.74. The van der Waals surface area contributed by atoms with Gasteiger partial charge in [0.25, 0.3) is 0 Å². The summed E-state index contributed by atoms with van der Waals surface area (Å²) in [5, 5.41) is 15.5. The zero-order valence-electron chi connectivity index (χ0n) is 14.1. The number of nitrogens with one attached hydrogen (secondary N) is 3. The van der Waals surface area contributed by atoms with Crippen LogP contribution in [0.4, 0.5) is 4.79 Å². The molecule has 6 N–H and O–H groups in total. The van der Waals surface area contributed by atoms with Crippen molar-refractivity contribution in [2.75, 3.05) is 13.1 Å². The molecule has 9 heteroatoms. The van der Waals surface area contributed by atoms with Crippen LogP contribution < -0.4 is 21.7 Å². The summed E-state index contributed by atoms with van der Waals surface area (Å²) in [6, 6.07) is -1.05. The summed E-state index contributed by atoms with van der Waals surface area (Å²) in [6.45, 7) is 2.18. The zero-order chi connectivity index (χ0) is 18.4. The maximum absolute atomic E-state index is 12.0. The predicted octanol–water partition coefficient (Wildman–Crippen LogP) is 0.0909. The first-order chi connectivity index (χ1) is 11.4. The van der Waals surface area contributed by atoms with Crippen LogP contribution in [0.1, 0.15) is 51.9 Å². The number of rotatable bonds is 13. The first-order valence-corrected chi connectivity index (χ1v) is 8.19. The second kappa shape index (κ2) is 13.1. The fourth-order valence-corrected chi connectivity index (χ4v) is 2.04. The van der Waals surface area contributed by atoms with E-state index in [9.17, 15) is 19.2 Å². The van der Waals surface area contributed by atoms with Crippen LogP contribution in [0.15, 0.2) is 0 Å². The molecule has 0 saturated carbocycles. The van der Waals surface area contributed by atoms with E-state index in [0.717, 1.165) is 32.1 Å². The highest BCUT2D eigenvalue weighted by molar-refractivity contribution is 5.91. The molecule has 0 bridgehead atoms. The van der Waals surface area contributed by atoms with E-state index in [1.807, 2.05) is 0 Å². The van der Waals surface area contributed by atoms with Crippen molar-refractivity contribution in [3.8, 4) is 0 Å². The van der Waals surface area contributed by atoms with E-state index in [1.165, 1.54) is 0 Å². The summed E-state index contributed by atoms with van der Waals surface area (Å²) in [5.41, 5.74) is 5.10. The summed E-state index contributed by atoms with van der Waals surface area (Å²) in [5.74, 6) is -1.58. The third-order valence-electron chi connectivity index (χ3n) is 3.26. The second-order valence-electron chi connectivity index (χ2n) is 5.48. The van der Waals surface area contributed by atoms with E-state index >= 15 is 0 Å². The van der Waals surface area contributed by atoms with E-state index < -0.39 is 23.9 Å². The first kappa shape index (κ1) is 21.7. The van der Waals surface area contributed by atoms with Crippen LogP contribution in [-0.4, -0.2) is 48.1 Å². The van der Waals surface area contributed by atoms with Crippen LogP contribution in [0.2, 0.25) is 0 Å². The van der Waals surface area contributed by atoms with E-state index in [-0.39, 0.29) is 31.8 Å². The number of carbonyl (C=O) groups is 4. The van der Waals surface area contributed by atoms with Crippen LogP contribution in [0.25, 0.3) is 0 Å². The van der Waals surface area contributed by atoms with E-state index in [2.05, 4.69) is 22.9 Å². The first-order valence-electron chi connectivity index (χ1n) is 8.19. The Balaban J connectivity index is 4.23. The summed E-state index contributed by atoms with van der Waals surface area (Å²) >= 11 is 0. The van der Waals surface area contributed by atoms with E-state index in [4.69, 9.17) is 10.8 Å². The van der Waals surface area contributed by atoms with Crippen molar-refractivity contribution < 1.29 is 24.3 Å². The average Bonchev–Trinajstić information content (AvgIpc) is 2.49. The lowest BCUT2D eigenvalue weighted by molar-refractivity contribution is -0.131. The number of amides is 4. The van der Waals surface area contributed by atoms with Gasteiger partial charge in [-0.15, -0.1) is 0 Å². The van der Waals surface area contributed by atoms with Crippen LogP contribution in [-0.2, 0) is 14.4 Å². The van der Waals surface area contributed by atoms with Gasteiger partial charge in [0.2, 0.25) is 17.7 Å². The van der Waals surface area contributed by atoms with Gasteiger partial charge in [-0.1, -0.05) is 32.6 Å². The molecule has 0 fully saturated rings. The summed E-state index contributed by atoms with van der Waals surface area (Å²) in [7, 11) is 0. The Bertz CT molecular complexity index is 428. The molecule has 0 radical (unpaired) electrons. The lowest BCUT2D eigenvalue weighted by atomic mass is 10.1. The molecule has 1 unspecified atom stereocenters. The normalized spacial score (nSPS) is 11.4. The highest BCUT2D eigenvalue weighted by Crippen LogP contribution is 2.05. The Labute approximate surface area is 141 Å². The Morgan fingerprint density at radius 3 is 2.21 bits per heavy atom. The van der Waals surface area contributed by atoms with Gasteiger partial charge in [-0.3, -0.25) is 14.4 Å². The molecular formula is C15H28N4O5. The molecule has 0 rings (SSSR count). The topological polar surface area (TPSA) is 151 Å². The van der Waals surface area contributed by atoms with Gasteiger partial charge in [0.05, 0.1) is 6.42 Å². The van der Waals surface area contributed by atoms with Crippen LogP contribution in [0, 0.1) is 0 Å². The maximum atomic E-state index is 12.0. The zero-order valence-corrected chi connectivity index (χ0v) is 14.1. The minimum Gasteiger partial charge on any atom is -0.465 e. The van der Waals surface area contributed by atoms with Gasteiger partial charge in [0.1, 0.15) is 6.04 Å². The van der Waals surface area contributed by atoms with Gasteiger partial charge in [-0.05, 0) is 6.42 Å². The van der Waals surface area contributed by atoms with Crippen LogP contribution in [0.5, 0.6) is 0 Å². The lowest BCUT2D eigenvalue weighted by Gasteiger charge is -2.17. The van der Waals surface area contributed by atoms with Crippen molar-refractivity contribution in [1.82, 2.24) is 16.0 Å². The number of carboxylic acid groups (broad SMARTS) is 1. The molecule has 24 heavy (non-hydrogen) atoms. The van der Waals surface area contributed by atoms with Gasteiger partial charge in [0, 0.05) is 19.5 Å². The summed E-state index contributed by atoms with van der Waals surface area (Å²) in [4.78, 5) is 45.2. The fraction of sp³-hybridized carbons (Fsp3) is 0.733. The molecule has 0 aromatic carbocycles. The third kappa shape index (κ3) is 12.2. The van der Waals surface area contributed by atoms with Gasteiger partial charge in [0.15, 0.2) is 0 Å². The number of unbranched alkanes of at least 4 members (excludes halogenated alkanes) is 4. The maximum Gasteiger partial charge on any atom is 0.404 e. The molecule has 0 saturated heterocycles. The monoisotopic (exact) mass is 344 g/mol. The summed E-state index contributed by atoms with van der Waals surface area (Å²) < 4.78 is 0. The number of carbonyl (C=O) groups excluding carboxylic acids is 3. The van der Waals surface area contributed by atoms with Crippen molar-refractivity contribution in [3.63, 3.8) is 0 Å². The highest BCUT2D eigenvalue weighted by Gasteiger charge is 2.22. The van der Waals surface area contributed by atoms with Crippen LogP contribution in [0.3, 0.4) is 0 Å². The molecule has 0 spiro atoms. The van der Waals surface area contributed by atoms with Crippen LogP contribution >= 0.6 is 0 Å². The minimum absolute atomic E-state index is 0.0236. The van der Waals surface area contributed by atoms with Crippen molar-refractivity contribution in [1.29, 1.82) is 0 Å². The second-order valence-corrected chi connectivity index (χ2v) is 5.48. The SMILES string of the molecule is CCCCCCCC(=O)NC(CC(N)=O)C(=O)NCCNC(=O)O. The molecule has 138 valence electrons. The number of nitrogens with two attached hydrogens (primary N) is 1. The molecule has 0 aliphatic carbocycles. The Morgan fingerprint density at radius 1 is 1.00 bits per heavy atom. The molecule has 0 aromatic heterocycles.